The first kappa shape index (κ1) is 18.7. The van der Waals surface area contributed by atoms with Crippen molar-refractivity contribution < 1.29 is 22.7 Å². The Balaban J connectivity index is 2.37. The lowest BCUT2D eigenvalue weighted by Gasteiger charge is -2.33. The largest absolute Gasteiger partial charge is 0.496 e. The van der Waals surface area contributed by atoms with E-state index >= 15 is 0 Å². The lowest BCUT2D eigenvalue weighted by Crippen LogP contribution is -2.44. The molecule has 1 aromatic carbocycles. The summed E-state index contributed by atoms with van der Waals surface area (Å²) < 4.78 is 37.1. The van der Waals surface area contributed by atoms with E-state index in [9.17, 15) is 13.2 Å². The fourth-order valence-corrected chi connectivity index (χ4v) is 4.45. The Bertz CT molecular complexity index is 702. The van der Waals surface area contributed by atoms with Gasteiger partial charge in [-0.1, -0.05) is 0 Å². The molecule has 0 radical (unpaired) electrons. The molecule has 24 heavy (non-hydrogen) atoms. The zero-order chi connectivity index (χ0) is 17.9. The van der Waals surface area contributed by atoms with E-state index in [1.807, 2.05) is 6.92 Å². The van der Waals surface area contributed by atoms with Crippen LogP contribution in [-0.2, 0) is 14.8 Å². The Morgan fingerprint density at radius 3 is 2.67 bits per heavy atom. The second-order valence-electron chi connectivity index (χ2n) is 5.98. The predicted octanol–water partition coefficient (Wildman–Crippen LogP) is 1.23. The van der Waals surface area contributed by atoms with Gasteiger partial charge in [0.25, 0.3) is 0 Å². The number of rotatable bonds is 5. The van der Waals surface area contributed by atoms with Gasteiger partial charge in [0.15, 0.2) is 0 Å². The molecule has 0 amide bonds. The molecule has 0 saturated carbocycles. The molecule has 134 valence electrons. The fraction of sp³-hybridized carbons (Fsp3) is 0.562. The average molecular weight is 356 g/mol. The van der Waals surface area contributed by atoms with Crippen LogP contribution in [0.4, 0.5) is 0 Å². The Kier molecular flexibility index (Phi) is 5.84. The fourth-order valence-electron chi connectivity index (χ4n) is 2.89. The highest BCUT2D eigenvalue weighted by Gasteiger charge is 2.32. The second-order valence-corrected chi connectivity index (χ2v) is 7.92. The minimum absolute atomic E-state index is 0.0500. The standard InChI is InChI=1S/C16H24N2O5S/c1-11(17)12-5-4-8-18(10-12)24(20,21)13-6-7-15(22-2)14(9-13)16(19)23-3/h6-7,9,11-12H,4-5,8,10,17H2,1-3H3. The van der Waals surface area contributed by atoms with E-state index in [4.69, 9.17) is 15.2 Å². The van der Waals surface area contributed by atoms with Gasteiger partial charge in [-0.15, -0.1) is 0 Å². The van der Waals surface area contributed by atoms with Gasteiger partial charge in [0.1, 0.15) is 11.3 Å². The Morgan fingerprint density at radius 1 is 1.38 bits per heavy atom. The van der Waals surface area contributed by atoms with Crippen molar-refractivity contribution in [2.24, 2.45) is 11.7 Å². The number of sulfonamides is 1. The molecule has 7 nitrogen and oxygen atoms in total. The molecule has 0 spiro atoms. The van der Waals surface area contributed by atoms with Crippen molar-refractivity contribution >= 4 is 16.0 Å². The highest BCUT2D eigenvalue weighted by molar-refractivity contribution is 7.89. The van der Waals surface area contributed by atoms with Gasteiger partial charge in [-0.2, -0.15) is 4.31 Å². The van der Waals surface area contributed by atoms with Gasteiger partial charge in [0, 0.05) is 19.1 Å². The number of esters is 1. The maximum Gasteiger partial charge on any atom is 0.341 e. The van der Waals surface area contributed by atoms with Crippen molar-refractivity contribution in [1.82, 2.24) is 4.31 Å². The highest BCUT2D eigenvalue weighted by Crippen LogP contribution is 2.28. The molecule has 0 bridgehead atoms. The van der Waals surface area contributed by atoms with Crippen LogP contribution < -0.4 is 10.5 Å². The van der Waals surface area contributed by atoms with Crippen molar-refractivity contribution in [3.63, 3.8) is 0 Å². The number of nitrogens with two attached hydrogens (primary N) is 1. The number of methoxy groups -OCH3 is 2. The molecule has 1 aromatic rings. The van der Waals surface area contributed by atoms with Gasteiger partial charge in [-0.05, 0) is 43.9 Å². The topological polar surface area (TPSA) is 98.9 Å². The van der Waals surface area contributed by atoms with Gasteiger partial charge in [-0.25, -0.2) is 13.2 Å². The lowest BCUT2D eigenvalue weighted by atomic mass is 9.93. The molecular weight excluding hydrogens is 332 g/mol. The van der Waals surface area contributed by atoms with Crippen LogP contribution in [0.2, 0.25) is 0 Å². The minimum Gasteiger partial charge on any atom is -0.496 e. The normalized spacial score (nSPS) is 20.4. The number of benzene rings is 1. The van der Waals surface area contributed by atoms with Crippen LogP contribution in [-0.4, -0.2) is 52.0 Å². The molecule has 1 aliphatic heterocycles. The van der Waals surface area contributed by atoms with Crippen molar-refractivity contribution in [2.45, 2.75) is 30.7 Å². The summed E-state index contributed by atoms with van der Waals surface area (Å²) in [6.07, 6.45) is 1.69. The first-order chi connectivity index (χ1) is 11.3. The average Bonchev–Trinajstić information content (AvgIpc) is 2.60. The van der Waals surface area contributed by atoms with Crippen LogP contribution in [0.5, 0.6) is 5.75 Å². The number of nitrogens with zero attached hydrogens (tertiary/aromatic N) is 1. The summed E-state index contributed by atoms with van der Waals surface area (Å²) in [5.74, 6) is -0.240. The SMILES string of the molecule is COC(=O)c1cc(S(=O)(=O)N2CCCC(C(C)N)C2)ccc1OC. The van der Waals surface area contributed by atoms with Gasteiger partial charge >= 0.3 is 5.97 Å². The molecular formula is C16H24N2O5S. The van der Waals surface area contributed by atoms with Gasteiger partial charge in [-0.3, -0.25) is 0 Å². The quantitative estimate of drug-likeness (QED) is 0.797. The summed E-state index contributed by atoms with van der Waals surface area (Å²) in [6.45, 7) is 2.73. The number of carbonyl (C=O) groups is 1. The van der Waals surface area contributed by atoms with Crippen molar-refractivity contribution in [3.05, 3.63) is 23.8 Å². The van der Waals surface area contributed by atoms with Crippen LogP contribution in [0, 0.1) is 5.92 Å². The molecule has 2 unspecified atom stereocenters. The van der Waals surface area contributed by atoms with E-state index in [0.29, 0.717) is 13.1 Å². The number of hydrogen-bond donors (Lipinski definition) is 1. The molecule has 2 atom stereocenters. The summed E-state index contributed by atoms with van der Waals surface area (Å²) in [6, 6.07) is 4.14. The summed E-state index contributed by atoms with van der Waals surface area (Å²) in [5.41, 5.74) is 6.02. The predicted molar refractivity (Wildman–Crippen MR) is 89.5 cm³/mol. The van der Waals surface area contributed by atoms with E-state index in [1.165, 1.54) is 36.7 Å². The number of piperidine rings is 1. The molecule has 0 aromatic heterocycles. The third kappa shape index (κ3) is 3.71. The summed E-state index contributed by atoms with van der Waals surface area (Å²) in [7, 11) is -1.06. The van der Waals surface area contributed by atoms with Crippen LogP contribution in [0.1, 0.15) is 30.1 Å². The molecule has 2 N–H and O–H groups in total. The van der Waals surface area contributed by atoms with E-state index in [1.54, 1.807) is 0 Å². The monoisotopic (exact) mass is 356 g/mol. The Hall–Kier alpha value is -1.64. The van der Waals surface area contributed by atoms with Crippen LogP contribution in [0.25, 0.3) is 0 Å². The zero-order valence-corrected chi connectivity index (χ0v) is 15.0. The molecule has 2 rings (SSSR count). The molecule has 1 saturated heterocycles. The van der Waals surface area contributed by atoms with E-state index in [-0.39, 0.29) is 28.2 Å². The Labute approximate surface area is 142 Å². The van der Waals surface area contributed by atoms with Gasteiger partial charge < -0.3 is 15.2 Å². The highest BCUT2D eigenvalue weighted by atomic mass is 32.2. The van der Waals surface area contributed by atoms with Crippen molar-refractivity contribution in [1.29, 1.82) is 0 Å². The summed E-state index contributed by atoms with van der Waals surface area (Å²) in [4.78, 5) is 11.9. The lowest BCUT2D eigenvalue weighted by molar-refractivity contribution is 0.0596. The number of carbonyl (C=O) groups excluding carboxylic acids is 1. The van der Waals surface area contributed by atoms with E-state index in [0.717, 1.165) is 12.8 Å². The van der Waals surface area contributed by atoms with Crippen LogP contribution >= 0.6 is 0 Å². The first-order valence-corrected chi connectivity index (χ1v) is 9.27. The van der Waals surface area contributed by atoms with Crippen LogP contribution in [0.3, 0.4) is 0 Å². The molecule has 8 heteroatoms. The van der Waals surface area contributed by atoms with E-state index < -0.39 is 16.0 Å². The minimum atomic E-state index is -3.70. The summed E-state index contributed by atoms with van der Waals surface area (Å²) >= 11 is 0. The Morgan fingerprint density at radius 2 is 2.08 bits per heavy atom. The first-order valence-electron chi connectivity index (χ1n) is 7.83. The van der Waals surface area contributed by atoms with Crippen LogP contribution in [0.15, 0.2) is 23.1 Å². The summed E-state index contributed by atoms with van der Waals surface area (Å²) in [5, 5.41) is 0. The maximum atomic E-state index is 12.9. The molecule has 0 aliphatic carbocycles. The van der Waals surface area contributed by atoms with Gasteiger partial charge in [0.2, 0.25) is 10.0 Å². The molecule has 1 heterocycles. The third-order valence-electron chi connectivity index (χ3n) is 4.38. The van der Waals surface area contributed by atoms with Crippen molar-refractivity contribution in [2.75, 3.05) is 27.3 Å². The van der Waals surface area contributed by atoms with Crippen molar-refractivity contribution in [3.8, 4) is 5.75 Å². The third-order valence-corrected chi connectivity index (χ3v) is 6.24. The molecule has 1 fully saturated rings. The smallest absolute Gasteiger partial charge is 0.341 e. The number of ether oxygens (including phenoxy) is 2. The maximum absolute atomic E-state index is 12.9. The number of hydrogen-bond acceptors (Lipinski definition) is 6. The van der Waals surface area contributed by atoms with Gasteiger partial charge in [0.05, 0.1) is 19.1 Å². The van der Waals surface area contributed by atoms with E-state index in [2.05, 4.69) is 0 Å². The zero-order valence-electron chi connectivity index (χ0n) is 14.2. The second kappa shape index (κ2) is 7.50. The molecule has 1 aliphatic rings.